The van der Waals surface area contributed by atoms with Gasteiger partial charge in [-0.3, -0.25) is 0 Å². The molecule has 1 aliphatic heterocycles. The number of aryl methyl sites for hydroxylation is 1. The minimum Gasteiger partial charge on any atom is -0.207 e. The lowest BCUT2D eigenvalue weighted by atomic mass is 10.1. The Morgan fingerprint density at radius 2 is 1.83 bits per heavy atom. The van der Waals surface area contributed by atoms with E-state index in [1.165, 1.54) is 16.4 Å². The molecule has 2 aromatic carbocycles. The molecule has 0 radical (unpaired) electrons. The molecule has 3 rings (SSSR count). The molecular formula is C17H17BrFNO2S. The molecular weight excluding hydrogens is 381 g/mol. The summed E-state index contributed by atoms with van der Waals surface area (Å²) in [5, 5.41) is 0. The lowest BCUT2D eigenvalue weighted by Gasteiger charge is -2.08. The average molecular weight is 398 g/mol. The zero-order chi connectivity index (χ0) is 16.8. The van der Waals surface area contributed by atoms with Crippen LogP contribution in [0.4, 0.5) is 4.39 Å². The number of benzene rings is 2. The summed E-state index contributed by atoms with van der Waals surface area (Å²) in [6.45, 7) is 3.85. The standard InChI is InChI=1S/C17H17BrFNO2S/c1-3-16-17(14-10-12(19)6-9-15(14)18)20(16)23(21,22)13-7-4-11(2)5-8-13/h4-10,16-17H,3H2,1-2H3. The Bertz CT molecular complexity index is 836. The molecule has 0 aromatic heterocycles. The molecule has 1 heterocycles. The quantitative estimate of drug-likeness (QED) is 0.715. The van der Waals surface area contributed by atoms with Gasteiger partial charge in [0.15, 0.2) is 0 Å². The summed E-state index contributed by atoms with van der Waals surface area (Å²) in [5.74, 6) is -0.363. The zero-order valence-corrected chi connectivity index (χ0v) is 15.2. The van der Waals surface area contributed by atoms with Crippen molar-refractivity contribution in [3.63, 3.8) is 0 Å². The number of hydrogen-bond donors (Lipinski definition) is 0. The number of nitrogens with zero attached hydrogens (tertiary/aromatic N) is 1. The van der Waals surface area contributed by atoms with Gasteiger partial charge in [-0.2, -0.15) is 4.31 Å². The van der Waals surface area contributed by atoms with Crippen molar-refractivity contribution in [2.24, 2.45) is 0 Å². The summed E-state index contributed by atoms with van der Waals surface area (Å²) in [6, 6.07) is 10.7. The van der Waals surface area contributed by atoms with E-state index in [0.717, 1.165) is 10.0 Å². The van der Waals surface area contributed by atoms with Crippen LogP contribution in [0.2, 0.25) is 0 Å². The Balaban J connectivity index is 1.99. The summed E-state index contributed by atoms with van der Waals surface area (Å²) < 4.78 is 41.5. The molecule has 23 heavy (non-hydrogen) atoms. The van der Waals surface area contributed by atoms with Crippen molar-refractivity contribution in [1.82, 2.24) is 4.31 Å². The predicted molar refractivity (Wildman–Crippen MR) is 91.1 cm³/mol. The first-order chi connectivity index (χ1) is 10.9. The molecule has 3 unspecified atom stereocenters. The number of halogens is 2. The fourth-order valence-corrected chi connectivity index (χ4v) is 5.23. The van der Waals surface area contributed by atoms with Crippen LogP contribution in [-0.2, 0) is 10.0 Å². The van der Waals surface area contributed by atoms with Crippen LogP contribution in [0.1, 0.15) is 30.5 Å². The molecule has 0 N–H and O–H groups in total. The van der Waals surface area contributed by atoms with Gasteiger partial charge < -0.3 is 0 Å². The highest BCUT2D eigenvalue weighted by Crippen LogP contribution is 2.51. The van der Waals surface area contributed by atoms with Crippen LogP contribution in [0.3, 0.4) is 0 Å². The van der Waals surface area contributed by atoms with Crippen LogP contribution in [0, 0.1) is 12.7 Å². The molecule has 0 spiro atoms. The van der Waals surface area contributed by atoms with Gasteiger partial charge in [-0.05, 0) is 49.2 Å². The first-order valence-electron chi connectivity index (χ1n) is 7.41. The van der Waals surface area contributed by atoms with Gasteiger partial charge in [0.2, 0.25) is 10.0 Å². The maximum absolute atomic E-state index is 13.6. The largest absolute Gasteiger partial charge is 0.244 e. The molecule has 6 heteroatoms. The normalized spacial score (nSPS) is 23.7. The number of sulfonamides is 1. The fourth-order valence-electron chi connectivity index (χ4n) is 2.91. The van der Waals surface area contributed by atoms with E-state index < -0.39 is 10.0 Å². The summed E-state index contributed by atoms with van der Waals surface area (Å²) in [5.41, 5.74) is 1.68. The van der Waals surface area contributed by atoms with Gasteiger partial charge in [0, 0.05) is 10.5 Å². The van der Waals surface area contributed by atoms with Crippen molar-refractivity contribution in [3.8, 4) is 0 Å². The third-order valence-electron chi connectivity index (χ3n) is 4.17. The zero-order valence-electron chi connectivity index (χ0n) is 12.8. The van der Waals surface area contributed by atoms with Crippen molar-refractivity contribution in [2.75, 3.05) is 0 Å². The molecule has 0 bridgehead atoms. The number of rotatable bonds is 4. The van der Waals surface area contributed by atoms with E-state index in [1.54, 1.807) is 30.3 Å². The Kier molecular flexibility index (Phi) is 4.33. The molecule has 0 aliphatic carbocycles. The van der Waals surface area contributed by atoms with Gasteiger partial charge in [-0.25, -0.2) is 12.8 Å². The Labute approximate surface area is 144 Å². The molecule has 2 aromatic rings. The van der Waals surface area contributed by atoms with Crippen molar-refractivity contribution < 1.29 is 12.8 Å². The van der Waals surface area contributed by atoms with Crippen molar-refractivity contribution in [3.05, 3.63) is 63.9 Å². The van der Waals surface area contributed by atoms with Crippen molar-refractivity contribution in [1.29, 1.82) is 0 Å². The van der Waals surface area contributed by atoms with Crippen LogP contribution in [0.15, 0.2) is 51.8 Å². The highest BCUT2D eigenvalue weighted by molar-refractivity contribution is 9.10. The Hall–Kier alpha value is -1.24. The van der Waals surface area contributed by atoms with Crippen LogP contribution >= 0.6 is 15.9 Å². The minimum atomic E-state index is -3.58. The van der Waals surface area contributed by atoms with Gasteiger partial charge in [0.05, 0.1) is 10.9 Å². The maximum atomic E-state index is 13.6. The summed E-state index contributed by atoms with van der Waals surface area (Å²) >= 11 is 3.40. The third kappa shape index (κ3) is 2.95. The second-order valence-corrected chi connectivity index (χ2v) is 8.43. The van der Waals surface area contributed by atoms with Gasteiger partial charge in [-0.1, -0.05) is 40.5 Å². The summed E-state index contributed by atoms with van der Waals surface area (Å²) in [7, 11) is -3.58. The molecule has 1 fully saturated rings. The fraction of sp³-hybridized carbons (Fsp3) is 0.294. The van der Waals surface area contributed by atoms with E-state index in [0.29, 0.717) is 12.0 Å². The first kappa shape index (κ1) is 16.6. The van der Waals surface area contributed by atoms with Crippen LogP contribution in [0.5, 0.6) is 0 Å². The third-order valence-corrected chi connectivity index (χ3v) is 6.81. The van der Waals surface area contributed by atoms with E-state index in [4.69, 9.17) is 0 Å². The highest BCUT2D eigenvalue weighted by atomic mass is 79.9. The van der Waals surface area contributed by atoms with Crippen molar-refractivity contribution in [2.45, 2.75) is 37.2 Å². The lowest BCUT2D eigenvalue weighted by Crippen LogP contribution is -2.15. The molecule has 0 saturated carbocycles. The lowest BCUT2D eigenvalue weighted by molar-refractivity contribution is 0.543. The Morgan fingerprint density at radius 3 is 2.43 bits per heavy atom. The second kappa shape index (κ2) is 6.00. The molecule has 0 amide bonds. The van der Waals surface area contributed by atoms with E-state index in [2.05, 4.69) is 15.9 Å². The average Bonchev–Trinajstić information content (AvgIpc) is 3.25. The van der Waals surface area contributed by atoms with Gasteiger partial charge in [0.1, 0.15) is 5.82 Å². The maximum Gasteiger partial charge on any atom is 0.244 e. The first-order valence-corrected chi connectivity index (χ1v) is 9.64. The van der Waals surface area contributed by atoms with Gasteiger partial charge in [-0.15, -0.1) is 0 Å². The van der Waals surface area contributed by atoms with Gasteiger partial charge in [0.25, 0.3) is 0 Å². The predicted octanol–water partition coefficient (Wildman–Crippen LogP) is 4.42. The van der Waals surface area contributed by atoms with E-state index in [1.807, 2.05) is 13.8 Å². The second-order valence-electron chi connectivity index (χ2n) is 5.73. The topological polar surface area (TPSA) is 37.1 Å². The van der Waals surface area contributed by atoms with E-state index in [9.17, 15) is 12.8 Å². The molecule has 122 valence electrons. The summed E-state index contributed by atoms with van der Waals surface area (Å²) in [4.78, 5) is 0.275. The number of hydrogen-bond acceptors (Lipinski definition) is 2. The monoisotopic (exact) mass is 397 g/mol. The van der Waals surface area contributed by atoms with Crippen molar-refractivity contribution >= 4 is 26.0 Å². The van der Waals surface area contributed by atoms with E-state index >= 15 is 0 Å². The molecule has 3 atom stereocenters. The van der Waals surface area contributed by atoms with Gasteiger partial charge >= 0.3 is 0 Å². The van der Waals surface area contributed by atoms with E-state index in [-0.39, 0.29) is 22.8 Å². The Morgan fingerprint density at radius 1 is 1.17 bits per heavy atom. The molecule has 1 saturated heterocycles. The van der Waals surface area contributed by atoms with Crippen LogP contribution in [0.25, 0.3) is 0 Å². The molecule has 3 nitrogen and oxygen atoms in total. The minimum absolute atomic E-state index is 0.139. The van der Waals surface area contributed by atoms with Crippen LogP contribution in [-0.4, -0.2) is 18.8 Å². The molecule has 1 aliphatic rings. The SMILES string of the molecule is CCC1C(c2cc(F)ccc2Br)N1S(=O)(=O)c1ccc(C)cc1. The smallest absolute Gasteiger partial charge is 0.207 e. The highest BCUT2D eigenvalue weighted by Gasteiger charge is 2.55. The summed E-state index contributed by atoms with van der Waals surface area (Å²) in [6.07, 6.45) is 0.679. The van der Waals surface area contributed by atoms with Crippen LogP contribution < -0.4 is 0 Å².